The number of carboxylic acids is 1. The molecule has 1 unspecified atom stereocenters. The average Bonchev–Trinajstić information content (AvgIpc) is 2.43. The third-order valence-electron chi connectivity index (χ3n) is 2.74. The van der Waals surface area contributed by atoms with Crippen molar-refractivity contribution >= 4 is 23.6 Å². The summed E-state index contributed by atoms with van der Waals surface area (Å²) in [6.45, 7) is 0. The van der Waals surface area contributed by atoms with Gasteiger partial charge in [-0.25, -0.2) is 4.79 Å². The van der Waals surface area contributed by atoms with Crippen molar-refractivity contribution < 1.29 is 19.4 Å². The van der Waals surface area contributed by atoms with Gasteiger partial charge in [0.2, 0.25) is 5.91 Å². The lowest BCUT2D eigenvalue weighted by Crippen LogP contribution is -2.41. The van der Waals surface area contributed by atoms with Gasteiger partial charge in [-0.05, 0) is 36.1 Å². The quantitative estimate of drug-likeness (QED) is 0.761. The highest BCUT2D eigenvalue weighted by Gasteiger charge is 2.19. The summed E-state index contributed by atoms with van der Waals surface area (Å²) >= 11 is 1.55. The Kier molecular flexibility index (Phi) is 6.93. The van der Waals surface area contributed by atoms with E-state index in [1.54, 1.807) is 43.1 Å². The number of ether oxygens (including phenoxy) is 1. The normalized spacial score (nSPS) is 11.7. The zero-order valence-corrected chi connectivity index (χ0v) is 12.4. The smallest absolute Gasteiger partial charge is 0.326 e. The molecule has 0 bridgehead atoms. The van der Waals surface area contributed by atoms with E-state index in [-0.39, 0.29) is 12.3 Å². The number of hydrogen-bond donors (Lipinski definition) is 2. The molecule has 0 radical (unpaired) electrons. The van der Waals surface area contributed by atoms with Crippen LogP contribution in [0.3, 0.4) is 0 Å². The first kappa shape index (κ1) is 16.4. The first-order valence-corrected chi connectivity index (χ1v) is 7.60. The molecule has 1 atom stereocenters. The van der Waals surface area contributed by atoms with E-state index in [0.29, 0.717) is 17.9 Å². The Morgan fingerprint density at radius 1 is 1.45 bits per heavy atom. The third kappa shape index (κ3) is 5.52. The summed E-state index contributed by atoms with van der Waals surface area (Å²) in [6.07, 6.45) is 2.46. The maximum atomic E-state index is 11.9. The Balaban J connectivity index is 2.58. The van der Waals surface area contributed by atoms with Gasteiger partial charge in [-0.15, -0.1) is 0 Å². The van der Waals surface area contributed by atoms with Crippen LogP contribution in [-0.2, 0) is 16.0 Å². The molecule has 6 heteroatoms. The van der Waals surface area contributed by atoms with Crippen molar-refractivity contribution in [1.82, 2.24) is 5.32 Å². The second-order valence-corrected chi connectivity index (χ2v) is 5.25. The minimum atomic E-state index is -1.00. The molecule has 1 aromatic carbocycles. The molecule has 1 aromatic rings. The van der Waals surface area contributed by atoms with Crippen molar-refractivity contribution in [1.29, 1.82) is 0 Å². The van der Waals surface area contributed by atoms with E-state index in [0.717, 1.165) is 5.56 Å². The number of amides is 1. The third-order valence-corrected chi connectivity index (χ3v) is 3.39. The predicted molar refractivity (Wildman–Crippen MR) is 79.3 cm³/mol. The van der Waals surface area contributed by atoms with Crippen LogP contribution in [0.1, 0.15) is 12.0 Å². The number of aliphatic carboxylic acids is 1. The van der Waals surface area contributed by atoms with Gasteiger partial charge in [-0.3, -0.25) is 4.79 Å². The van der Waals surface area contributed by atoms with Gasteiger partial charge in [-0.2, -0.15) is 11.8 Å². The molecule has 0 aliphatic heterocycles. The highest BCUT2D eigenvalue weighted by atomic mass is 32.2. The van der Waals surface area contributed by atoms with Gasteiger partial charge in [0, 0.05) is 0 Å². The van der Waals surface area contributed by atoms with Crippen molar-refractivity contribution in [2.75, 3.05) is 19.1 Å². The molecule has 0 saturated heterocycles. The summed E-state index contributed by atoms with van der Waals surface area (Å²) in [5, 5.41) is 11.6. The Hall–Kier alpha value is -1.69. The Bertz CT molecular complexity index is 464. The molecule has 0 spiro atoms. The molecule has 0 fully saturated rings. The standard InChI is InChI=1S/C14H19NO4S/c1-19-11-5-3-4-10(8-11)9-13(16)15-12(14(17)18)6-7-20-2/h3-5,8,12H,6-7,9H2,1-2H3,(H,15,16)(H,17,18). The average molecular weight is 297 g/mol. The molecule has 110 valence electrons. The fourth-order valence-electron chi connectivity index (χ4n) is 1.71. The van der Waals surface area contributed by atoms with Crippen molar-refractivity contribution in [3.63, 3.8) is 0 Å². The molecule has 0 aliphatic carbocycles. The Morgan fingerprint density at radius 3 is 2.80 bits per heavy atom. The number of benzene rings is 1. The van der Waals surface area contributed by atoms with Gasteiger partial charge in [0.15, 0.2) is 0 Å². The van der Waals surface area contributed by atoms with Crippen LogP contribution in [0.15, 0.2) is 24.3 Å². The fraction of sp³-hybridized carbons (Fsp3) is 0.429. The van der Waals surface area contributed by atoms with Crippen molar-refractivity contribution in [3.05, 3.63) is 29.8 Å². The van der Waals surface area contributed by atoms with E-state index in [1.165, 1.54) is 0 Å². The maximum absolute atomic E-state index is 11.9. The van der Waals surface area contributed by atoms with Crippen LogP contribution >= 0.6 is 11.8 Å². The lowest BCUT2D eigenvalue weighted by atomic mass is 10.1. The summed E-state index contributed by atoms with van der Waals surface area (Å²) in [4.78, 5) is 22.9. The number of hydrogen-bond acceptors (Lipinski definition) is 4. The molecule has 5 nitrogen and oxygen atoms in total. The van der Waals surface area contributed by atoms with Crippen LogP contribution < -0.4 is 10.1 Å². The molecule has 0 aliphatic rings. The van der Waals surface area contributed by atoms with Crippen LogP contribution in [0.25, 0.3) is 0 Å². The van der Waals surface area contributed by atoms with Gasteiger partial charge < -0.3 is 15.2 Å². The monoisotopic (exact) mass is 297 g/mol. The van der Waals surface area contributed by atoms with Gasteiger partial charge in [0.25, 0.3) is 0 Å². The first-order chi connectivity index (χ1) is 9.56. The highest BCUT2D eigenvalue weighted by Crippen LogP contribution is 2.13. The minimum absolute atomic E-state index is 0.139. The first-order valence-electron chi connectivity index (χ1n) is 6.21. The highest BCUT2D eigenvalue weighted by molar-refractivity contribution is 7.98. The minimum Gasteiger partial charge on any atom is -0.497 e. The number of nitrogens with one attached hydrogen (secondary N) is 1. The zero-order valence-electron chi connectivity index (χ0n) is 11.6. The van der Waals surface area contributed by atoms with Gasteiger partial charge in [-0.1, -0.05) is 12.1 Å². The van der Waals surface area contributed by atoms with Crippen LogP contribution in [0.4, 0.5) is 0 Å². The molecular weight excluding hydrogens is 278 g/mol. The van der Waals surface area contributed by atoms with Gasteiger partial charge in [0.05, 0.1) is 13.5 Å². The van der Waals surface area contributed by atoms with E-state index in [1.807, 2.05) is 6.26 Å². The molecule has 1 rings (SSSR count). The van der Waals surface area contributed by atoms with E-state index in [2.05, 4.69) is 5.32 Å². The van der Waals surface area contributed by atoms with Crippen LogP contribution in [0.5, 0.6) is 5.75 Å². The summed E-state index contributed by atoms with van der Waals surface area (Å²) < 4.78 is 5.08. The summed E-state index contributed by atoms with van der Waals surface area (Å²) in [6, 6.07) is 6.32. The van der Waals surface area contributed by atoms with Crippen LogP contribution in [0, 0.1) is 0 Å². The lowest BCUT2D eigenvalue weighted by molar-refractivity contribution is -0.141. The van der Waals surface area contributed by atoms with Crippen LogP contribution in [-0.4, -0.2) is 42.1 Å². The van der Waals surface area contributed by atoms with E-state index < -0.39 is 12.0 Å². The molecule has 2 N–H and O–H groups in total. The zero-order chi connectivity index (χ0) is 15.0. The Morgan fingerprint density at radius 2 is 2.20 bits per heavy atom. The molecule has 0 heterocycles. The molecule has 1 amide bonds. The summed E-state index contributed by atoms with van der Waals surface area (Å²) in [5.74, 6) is 0.0633. The van der Waals surface area contributed by atoms with Crippen LogP contribution in [0.2, 0.25) is 0 Å². The second kappa shape index (κ2) is 8.47. The van der Waals surface area contributed by atoms with Gasteiger partial charge >= 0.3 is 5.97 Å². The van der Waals surface area contributed by atoms with E-state index >= 15 is 0 Å². The molecule has 0 aromatic heterocycles. The Labute approximate surface area is 122 Å². The van der Waals surface area contributed by atoms with Crippen molar-refractivity contribution in [2.24, 2.45) is 0 Å². The number of rotatable bonds is 8. The lowest BCUT2D eigenvalue weighted by Gasteiger charge is -2.14. The van der Waals surface area contributed by atoms with Gasteiger partial charge in [0.1, 0.15) is 11.8 Å². The number of carbonyl (C=O) groups excluding carboxylic acids is 1. The number of carboxylic acid groups (broad SMARTS) is 1. The number of methoxy groups -OCH3 is 1. The summed E-state index contributed by atoms with van der Waals surface area (Å²) in [5.41, 5.74) is 0.788. The largest absolute Gasteiger partial charge is 0.497 e. The number of thioether (sulfide) groups is 1. The maximum Gasteiger partial charge on any atom is 0.326 e. The second-order valence-electron chi connectivity index (χ2n) is 4.27. The molecule has 0 saturated carbocycles. The van der Waals surface area contributed by atoms with E-state index in [4.69, 9.17) is 9.84 Å². The fourth-order valence-corrected chi connectivity index (χ4v) is 2.18. The van der Waals surface area contributed by atoms with E-state index in [9.17, 15) is 9.59 Å². The van der Waals surface area contributed by atoms with Crippen molar-refractivity contribution in [2.45, 2.75) is 18.9 Å². The molecular formula is C14H19NO4S. The van der Waals surface area contributed by atoms with Crippen molar-refractivity contribution in [3.8, 4) is 5.75 Å². The molecule has 20 heavy (non-hydrogen) atoms. The number of carbonyl (C=O) groups is 2. The predicted octanol–water partition coefficient (Wildman–Crippen LogP) is 1.56. The topological polar surface area (TPSA) is 75.6 Å². The SMILES string of the molecule is COc1cccc(CC(=O)NC(CCSC)C(=O)O)c1. The summed E-state index contributed by atoms with van der Waals surface area (Å²) in [7, 11) is 1.56.